The molecule has 0 aromatic rings. The molecule has 2 heteroatoms. The summed E-state index contributed by atoms with van der Waals surface area (Å²) in [5, 5.41) is 6.94. The van der Waals surface area contributed by atoms with Crippen molar-refractivity contribution in [2.75, 3.05) is 13.1 Å². The van der Waals surface area contributed by atoms with Crippen LogP contribution in [-0.4, -0.2) is 13.1 Å². The largest absolute Gasteiger partial charge is 0.389 e. The summed E-state index contributed by atoms with van der Waals surface area (Å²) in [5.74, 6) is 0.690. The molecule has 0 aliphatic heterocycles. The number of hydrogen-bond acceptors (Lipinski definition) is 2. The predicted octanol–water partition coefficient (Wildman–Crippen LogP) is 6.94. The van der Waals surface area contributed by atoms with E-state index in [9.17, 15) is 0 Å². The van der Waals surface area contributed by atoms with Crippen molar-refractivity contribution < 1.29 is 0 Å². The molecule has 0 aliphatic rings. The molecular formula is C23H46N2. The van der Waals surface area contributed by atoms with Gasteiger partial charge in [-0.15, -0.1) is 0 Å². The Morgan fingerprint density at radius 2 is 1.16 bits per heavy atom. The minimum atomic E-state index is 0.690. The highest BCUT2D eigenvalue weighted by atomic mass is 14.9. The Kier molecular flexibility index (Phi) is 17.2. The molecule has 148 valence electrons. The molecule has 0 aromatic carbocycles. The molecule has 2 N–H and O–H groups in total. The molecule has 0 fully saturated rings. The first-order chi connectivity index (χ1) is 12.1. The van der Waals surface area contributed by atoms with Crippen LogP contribution in [0.4, 0.5) is 0 Å². The maximum atomic E-state index is 4.16. The molecule has 0 spiro atoms. The third-order valence-corrected chi connectivity index (χ3v) is 4.59. The summed E-state index contributed by atoms with van der Waals surface area (Å²) in [7, 11) is 0. The standard InChI is InChI=1S/C23H46N2/c1-6-7-8-9-10-11-12-15-18-24-22(4)17-14-13-16-19-25-23(5)20-21(2)3/h21,24-25H,4-20H2,1-3H3. The van der Waals surface area contributed by atoms with Crippen molar-refractivity contribution >= 4 is 0 Å². The van der Waals surface area contributed by atoms with E-state index in [1.165, 1.54) is 82.0 Å². The van der Waals surface area contributed by atoms with Crippen LogP contribution in [0.5, 0.6) is 0 Å². The summed E-state index contributed by atoms with van der Waals surface area (Å²) in [5.41, 5.74) is 2.41. The second-order valence-electron chi connectivity index (χ2n) is 7.94. The summed E-state index contributed by atoms with van der Waals surface area (Å²) < 4.78 is 0. The highest BCUT2D eigenvalue weighted by Gasteiger charge is 1.99. The maximum absolute atomic E-state index is 4.16. The molecule has 0 aromatic heterocycles. The van der Waals surface area contributed by atoms with Gasteiger partial charge in [0.2, 0.25) is 0 Å². The first-order valence-corrected chi connectivity index (χ1v) is 10.9. The Morgan fingerprint density at radius 3 is 1.72 bits per heavy atom. The van der Waals surface area contributed by atoms with Gasteiger partial charge in [-0.2, -0.15) is 0 Å². The van der Waals surface area contributed by atoms with Crippen LogP contribution in [0.3, 0.4) is 0 Å². The van der Waals surface area contributed by atoms with Crippen molar-refractivity contribution in [1.82, 2.24) is 10.6 Å². The minimum Gasteiger partial charge on any atom is -0.389 e. The molecule has 0 aliphatic carbocycles. The summed E-state index contributed by atoms with van der Waals surface area (Å²) in [4.78, 5) is 0. The van der Waals surface area contributed by atoms with Crippen LogP contribution >= 0.6 is 0 Å². The highest BCUT2D eigenvalue weighted by molar-refractivity contribution is 4.92. The second kappa shape index (κ2) is 17.9. The molecule has 0 saturated heterocycles. The van der Waals surface area contributed by atoms with Crippen LogP contribution in [0.15, 0.2) is 24.6 Å². The highest BCUT2D eigenvalue weighted by Crippen LogP contribution is 2.09. The third-order valence-electron chi connectivity index (χ3n) is 4.59. The zero-order valence-electron chi connectivity index (χ0n) is 17.6. The van der Waals surface area contributed by atoms with Crippen LogP contribution < -0.4 is 10.6 Å². The van der Waals surface area contributed by atoms with E-state index in [0.29, 0.717) is 5.92 Å². The van der Waals surface area contributed by atoms with Crippen LogP contribution in [0.2, 0.25) is 0 Å². The van der Waals surface area contributed by atoms with E-state index in [2.05, 4.69) is 44.6 Å². The molecule has 0 amide bonds. The van der Waals surface area contributed by atoms with E-state index in [0.717, 1.165) is 25.9 Å². The van der Waals surface area contributed by atoms with Gasteiger partial charge in [0.25, 0.3) is 0 Å². The summed E-state index contributed by atoms with van der Waals surface area (Å²) >= 11 is 0. The fourth-order valence-electron chi connectivity index (χ4n) is 3.08. The Labute approximate surface area is 158 Å². The lowest BCUT2D eigenvalue weighted by molar-refractivity contribution is 0.559. The molecule has 0 unspecified atom stereocenters. The molecular weight excluding hydrogens is 304 g/mol. The van der Waals surface area contributed by atoms with Crippen molar-refractivity contribution in [2.24, 2.45) is 5.92 Å². The molecule has 0 atom stereocenters. The first-order valence-electron chi connectivity index (χ1n) is 10.9. The quantitative estimate of drug-likeness (QED) is 0.246. The van der Waals surface area contributed by atoms with Crippen LogP contribution in [0.25, 0.3) is 0 Å². The van der Waals surface area contributed by atoms with E-state index < -0.39 is 0 Å². The van der Waals surface area contributed by atoms with Crippen molar-refractivity contribution in [1.29, 1.82) is 0 Å². The van der Waals surface area contributed by atoms with Gasteiger partial charge < -0.3 is 10.6 Å². The van der Waals surface area contributed by atoms with Gasteiger partial charge in [-0.3, -0.25) is 0 Å². The number of allylic oxidation sites excluding steroid dienone is 2. The van der Waals surface area contributed by atoms with Gasteiger partial charge >= 0.3 is 0 Å². The number of rotatable bonds is 19. The molecule has 0 bridgehead atoms. The van der Waals surface area contributed by atoms with Gasteiger partial charge in [-0.05, 0) is 38.0 Å². The molecule has 0 radical (unpaired) electrons. The van der Waals surface area contributed by atoms with E-state index in [-0.39, 0.29) is 0 Å². The molecule has 25 heavy (non-hydrogen) atoms. The molecule has 0 saturated carbocycles. The maximum Gasteiger partial charge on any atom is 0.0143 e. The Morgan fingerprint density at radius 1 is 0.680 bits per heavy atom. The Balaban J connectivity index is 3.27. The zero-order valence-corrected chi connectivity index (χ0v) is 17.6. The topological polar surface area (TPSA) is 24.1 Å². The zero-order chi connectivity index (χ0) is 18.8. The van der Waals surface area contributed by atoms with Crippen LogP contribution in [-0.2, 0) is 0 Å². The molecule has 2 nitrogen and oxygen atoms in total. The first kappa shape index (κ1) is 24.1. The van der Waals surface area contributed by atoms with Gasteiger partial charge in [-0.25, -0.2) is 0 Å². The van der Waals surface area contributed by atoms with Crippen molar-refractivity contribution in [3.63, 3.8) is 0 Å². The van der Waals surface area contributed by atoms with Gasteiger partial charge in [0, 0.05) is 24.5 Å². The normalized spacial score (nSPS) is 10.9. The van der Waals surface area contributed by atoms with E-state index >= 15 is 0 Å². The fraction of sp³-hybridized carbons (Fsp3) is 0.826. The van der Waals surface area contributed by atoms with Crippen LogP contribution in [0.1, 0.15) is 104 Å². The monoisotopic (exact) mass is 350 g/mol. The Hall–Kier alpha value is -0.920. The third kappa shape index (κ3) is 19.3. The van der Waals surface area contributed by atoms with Crippen LogP contribution in [0, 0.1) is 5.92 Å². The van der Waals surface area contributed by atoms with Gasteiger partial charge in [-0.1, -0.05) is 85.3 Å². The van der Waals surface area contributed by atoms with Crippen molar-refractivity contribution in [3.05, 3.63) is 24.6 Å². The smallest absolute Gasteiger partial charge is 0.0143 e. The summed E-state index contributed by atoms with van der Waals surface area (Å²) in [6.07, 6.45) is 17.0. The van der Waals surface area contributed by atoms with Gasteiger partial charge in [0.05, 0.1) is 0 Å². The van der Waals surface area contributed by atoms with Gasteiger partial charge in [0.15, 0.2) is 0 Å². The average molecular weight is 351 g/mol. The molecule has 0 rings (SSSR count). The van der Waals surface area contributed by atoms with E-state index in [4.69, 9.17) is 0 Å². The minimum absolute atomic E-state index is 0.690. The van der Waals surface area contributed by atoms with E-state index in [1.54, 1.807) is 0 Å². The average Bonchev–Trinajstić information content (AvgIpc) is 2.55. The SMILES string of the molecule is C=C(CCCCCNC(=C)CC(C)C)NCCCCCCCCCC. The Bertz CT molecular complexity index is 320. The number of nitrogens with one attached hydrogen (secondary N) is 2. The lowest BCUT2D eigenvalue weighted by Crippen LogP contribution is -2.16. The number of unbranched alkanes of at least 4 members (excludes halogenated alkanes) is 9. The van der Waals surface area contributed by atoms with Crippen molar-refractivity contribution in [3.8, 4) is 0 Å². The lowest BCUT2D eigenvalue weighted by atomic mass is 10.1. The van der Waals surface area contributed by atoms with E-state index in [1.807, 2.05) is 0 Å². The fourth-order valence-corrected chi connectivity index (χ4v) is 3.08. The predicted molar refractivity (Wildman–Crippen MR) is 115 cm³/mol. The summed E-state index contributed by atoms with van der Waals surface area (Å²) in [6, 6.07) is 0. The van der Waals surface area contributed by atoms with Gasteiger partial charge in [0.1, 0.15) is 0 Å². The van der Waals surface area contributed by atoms with Crippen molar-refractivity contribution in [2.45, 2.75) is 104 Å². The molecule has 0 heterocycles. The second-order valence-corrected chi connectivity index (χ2v) is 7.94. The number of hydrogen-bond donors (Lipinski definition) is 2. The lowest BCUT2D eigenvalue weighted by Gasteiger charge is -2.12. The summed E-state index contributed by atoms with van der Waals surface area (Å²) in [6.45, 7) is 17.1.